The third kappa shape index (κ3) is 6.43. The van der Waals surface area contributed by atoms with Crippen LogP contribution in [0.25, 0.3) is 11.1 Å². The number of ether oxygens (including phenoxy) is 3. The van der Waals surface area contributed by atoms with E-state index in [0.29, 0.717) is 17.9 Å². The molecule has 2 aromatic rings. The van der Waals surface area contributed by atoms with Crippen molar-refractivity contribution in [2.24, 2.45) is 0 Å². The maximum absolute atomic E-state index is 12.9. The van der Waals surface area contributed by atoms with Crippen LogP contribution in [0, 0.1) is 0 Å². The van der Waals surface area contributed by atoms with Gasteiger partial charge in [0.05, 0.1) is 0 Å². The topological polar surface area (TPSA) is 128 Å². The SMILES string of the molecule is COCCCc1cnc2c(C(=O)O)c(N(C(=O)OC(C)(C)C)C(=O)OC(C)(C)C)oc2c1. The van der Waals surface area contributed by atoms with Crippen molar-refractivity contribution < 1.29 is 38.1 Å². The molecular weight excluding hydrogens is 420 g/mol. The van der Waals surface area contributed by atoms with Gasteiger partial charge in [0, 0.05) is 19.9 Å². The molecule has 32 heavy (non-hydrogen) atoms. The van der Waals surface area contributed by atoms with Crippen LogP contribution in [-0.2, 0) is 20.6 Å². The molecule has 0 radical (unpaired) electrons. The van der Waals surface area contributed by atoms with E-state index in [0.717, 1.165) is 12.0 Å². The van der Waals surface area contributed by atoms with Crippen LogP contribution in [0.1, 0.15) is 63.9 Å². The summed E-state index contributed by atoms with van der Waals surface area (Å²) in [7, 11) is 1.60. The number of methoxy groups -OCH3 is 1. The molecule has 0 atom stereocenters. The third-order valence-corrected chi connectivity index (χ3v) is 3.95. The molecule has 2 aromatic heterocycles. The van der Waals surface area contributed by atoms with Crippen molar-refractivity contribution in [3.05, 3.63) is 23.4 Å². The molecule has 0 unspecified atom stereocenters. The van der Waals surface area contributed by atoms with Gasteiger partial charge in [-0.25, -0.2) is 14.4 Å². The summed E-state index contributed by atoms with van der Waals surface area (Å²) in [6.07, 6.45) is 0.610. The number of hydrogen-bond donors (Lipinski definition) is 1. The van der Waals surface area contributed by atoms with Gasteiger partial charge in [-0.1, -0.05) is 0 Å². The lowest BCUT2D eigenvalue weighted by atomic mass is 10.1. The van der Waals surface area contributed by atoms with Crippen LogP contribution in [0.2, 0.25) is 0 Å². The summed E-state index contributed by atoms with van der Waals surface area (Å²) >= 11 is 0. The first-order valence-corrected chi connectivity index (χ1v) is 10.1. The molecule has 10 heteroatoms. The number of carboxylic acid groups (broad SMARTS) is 1. The Morgan fingerprint density at radius 1 is 1.06 bits per heavy atom. The fourth-order valence-electron chi connectivity index (χ4n) is 2.77. The van der Waals surface area contributed by atoms with E-state index in [4.69, 9.17) is 18.6 Å². The largest absolute Gasteiger partial charge is 0.477 e. The Morgan fingerprint density at radius 3 is 2.09 bits per heavy atom. The van der Waals surface area contributed by atoms with Gasteiger partial charge in [0.2, 0.25) is 5.88 Å². The highest BCUT2D eigenvalue weighted by Gasteiger charge is 2.39. The Kier molecular flexibility index (Phi) is 7.50. The molecule has 0 fully saturated rings. The van der Waals surface area contributed by atoms with Crippen LogP contribution >= 0.6 is 0 Å². The zero-order valence-electron chi connectivity index (χ0n) is 19.5. The number of aryl methyl sites for hydroxylation is 1. The van der Waals surface area contributed by atoms with Crippen molar-refractivity contribution in [1.82, 2.24) is 4.98 Å². The number of pyridine rings is 1. The fraction of sp³-hybridized carbons (Fsp3) is 0.545. The number of hydrogen-bond acceptors (Lipinski definition) is 8. The van der Waals surface area contributed by atoms with E-state index in [-0.39, 0.29) is 11.1 Å². The van der Waals surface area contributed by atoms with Gasteiger partial charge in [-0.05, 0) is 66.0 Å². The number of aromatic nitrogens is 1. The van der Waals surface area contributed by atoms with Gasteiger partial charge in [0.1, 0.15) is 16.7 Å². The first kappa shape index (κ1) is 25.1. The third-order valence-electron chi connectivity index (χ3n) is 3.95. The number of rotatable bonds is 6. The molecule has 0 saturated carbocycles. The van der Waals surface area contributed by atoms with Crippen LogP contribution in [-0.4, -0.2) is 53.2 Å². The first-order valence-electron chi connectivity index (χ1n) is 10.1. The highest BCUT2D eigenvalue weighted by Crippen LogP contribution is 2.34. The lowest BCUT2D eigenvalue weighted by molar-refractivity contribution is 0.0422. The fourth-order valence-corrected chi connectivity index (χ4v) is 2.77. The van der Waals surface area contributed by atoms with Crippen LogP contribution in [0.15, 0.2) is 16.7 Å². The van der Waals surface area contributed by atoms with Crippen molar-refractivity contribution in [1.29, 1.82) is 0 Å². The van der Waals surface area contributed by atoms with Gasteiger partial charge in [-0.2, -0.15) is 0 Å². The van der Waals surface area contributed by atoms with Gasteiger partial charge in [-0.15, -0.1) is 4.90 Å². The second-order valence-electron chi connectivity index (χ2n) is 9.17. The number of anilines is 1. The first-order chi connectivity index (χ1) is 14.7. The van der Waals surface area contributed by atoms with E-state index in [1.54, 1.807) is 54.7 Å². The molecular formula is C22H30N2O8. The van der Waals surface area contributed by atoms with E-state index in [2.05, 4.69) is 4.98 Å². The summed E-state index contributed by atoms with van der Waals surface area (Å²) in [5.41, 5.74) is -1.46. The molecule has 0 spiro atoms. The molecule has 0 saturated heterocycles. The summed E-state index contributed by atoms with van der Waals surface area (Å²) in [4.78, 5) is 42.5. The quantitative estimate of drug-likeness (QED) is 0.618. The van der Waals surface area contributed by atoms with E-state index >= 15 is 0 Å². The lowest BCUT2D eigenvalue weighted by Crippen LogP contribution is -2.44. The number of fused-ring (bicyclic) bond motifs is 1. The van der Waals surface area contributed by atoms with E-state index in [1.165, 1.54) is 6.20 Å². The Bertz CT molecular complexity index is 970. The summed E-state index contributed by atoms with van der Waals surface area (Å²) in [5.74, 6) is -1.95. The van der Waals surface area contributed by atoms with E-state index in [9.17, 15) is 19.5 Å². The predicted molar refractivity (Wildman–Crippen MR) is 116 cm³/mol. The molecule has 176 valence electrons. The van der Waals surface area contributed by atoms with Crippen molar-refractivity contribution >= 4 is 35.1 Å². The average Bonchev–Trinajstić information content (AvgIpc) is 2.97. The molecule has 2 rings (SSSR count). The normalized spacial score (nSPS) is 12.0. The molecule has 0 aliphatic rings. The standard InChI is InChI=1S/C22H30N2O8/c1-21(2,3)31-19(27)24(20(28)32-22(4,5)6)17-15(18(25)26)16-14(30-17)11-13(12-23-16)9-8-10-29-7/h11-12H,8-10H2,1-7H3,(H,25,26). The molecule has 2 heterocycles. The Hall–Kier alpha value is -3.14. The molecule has 0 bridgehead atoms. The predicted octanol–water partition coefficient (Wildman–Crippen LogP) is 4.78. The summed E-state index contributed by atoms with van der Waals surface area (Å²) in [6, 6.07) is 1.62. The average molecular weight is 450 g/mol. The zero-order valence-corrected chi connectivity index (χ0v) is 19.5. The number of imide groups is 1. The minimum atomic E-state index is -1.42. The number of carbonyl (C=O) groups excluding carboxylic acids is 2. The molecule has 10 nitrogen and oxygen atoms in total. The number of furan rings is 1. The minimum Gasteiger partial charge on any atom is -0.477 e. The summed E-state index contributed by atoms with van der Waals surface area (Å²) in [5, 5.41) is 9.83. The van der Waals surface area contributed by atoms with Crippen molar-refractivity contribution in [2.45, 2.75) is 65.6 Å². The number of amides is 2. The van der Waals surface area contributed by atoms with Gasteiger partial charge in [0.15, 0.2) is 11.1 Å². The number of carboxylic acids is 1. The zero-order chi connectivity index (χ0) is 24.3. The summed E-state index contributed by atoms with van der Waals surface area (Å²) in [6.45, 7) is 10.2. The second kappa shape index (κ2) is 9.56. The minimum absolute atomic E-state index is 0.000101. The molecule has 2 amide bonds. The van der Waals surface area contributed by atoms with Gasteiger partial charge in [0.25, 0.3) is 0 Å². The molecule has 0 aromatic carbocycles. The van der Waals surface area contributed by atoms with Crippen LogP contribution in [0.5, 0.6) is 0 Å². The van der Waals surface area contributed by atoms with Crippen molar-refractivity contribution in [2.75, 3.05) is 18.6 Å². The maximum atomic E-state index is 12.9. The van der Waals surface area contributed by atoms with Gasteiger partial charge in [-0.3, -0.25) is 4.98 Å². The monoisotopic (exact) mass is 450 g/mol. The van der Waals surface area contributed by atoms with Crippen molar-refractivity contribution in [3.8, 4) is 0 Å². The maximum Gasteiger partial charge on any atom is 0.427 e. The Balaban J connectivity index is 2.61. The number of nitrogens with zero attached hydrogens (tertiary/aromatic N) is 2. The summed E-state index contributed by atoms with van der Waals surface area (Å²) < 4.78 is 21.3. The van der Waals surface area contributed by atoms with Crippen molar-refractivity contribution in [3.63, 3.8) is 0 Å². The van der Waals surface area contributed by atoms with Gasteiger partial charge < -0.3 is 23.7 Å². The molecule has 0 aliphatic heterocycles. The smallest absolute Gasteiger partial charge is 0.427 e. The van der Waals surface area contributed by atoms with Crippen LogP contribution in [0.3, 0.4) is 0 Å². The Morgan fingerprint density at radius 2 is 1.62 bits per heavy atom. The van der Waals surface area contributed by atoms with E-state index in [1.807, 2.05) is 0 Å². The highest BCUT2D eigenvalue weighted by molar-refractivity contribution is 6.15. The van der Waals surface area contributed by atoms with Crippen LogP contribution in [0.4, 0.5) is 15.5 Å². The van der Waals surface area contributed by atoms with Gasteiger partial charge >= 0.3 is 18.2 Å². The molecule has 1 N–H and O–H groups in total. The van der Waals surface area contributed by atoms with Crippen LogP contribution < -0.4 is 4.90 Å². The highest BCUT2D eigenvalue weighted by atomic mass is 16.6. The number of carbonyl (C=O) groups is 3. The lowest BCUT2D eigenvalue weighted by Gasteiger charge is -2.27. The molecule has 0 aliphatic carbocycles. The Labute approximate surface area is 186 Å². The number of aromatic carboxylic acids is 1. The van der Waals surface area contributed by atoms with E-state index < -0.39 is 40.8 Å². The second-order valence-corrected chi connectivity index (χ2v) is 9.17.